The number of hydrogen-bond donors (Lipinski definition) is 1. The van der Waals surface area contributed by atoms with E-state index in [4.69, 9.17) is 16.3 Å². The number of carbonyl (C=O) groups is 1. The minimum absolute atomic E-state index is 0.0112. The van der Waals surface area contributed by atoms with Crippen molar-refractivity contribution in [3.63, 3.8) is 0 Å². The lowest BCUT2D eigenvalue weighted by atomic mass is 10.1. The van der Waals surface area contributed by atoms with Gasteiger partial charge < -0.3 is 10.1 Å². The third kappa shape index (κ3) is 4.60. The molecule has 0 radical (unpaired) electrons. The van der Waals surface area contributed by atoms with Crippen LogP contribution in [0.1, 0.15) is 41.6 Å². The summed E-state index contributed by atoms with van der Waals surface area (Å²) in [6.07, 6.45) is 3.35. The highest BCUT2D eigenvalue weighted by atomic mass is 35.5. The molecule has 158 valence electrons. The zero-order valence-corrected chi connectivity index (χ0v) is 17.5. The van der Waals surface area contributed by atoms with Crippen molar-refractivity contribution in [2.75, 3.05) is 0 Å². The number of hydrogen-bond acceptors (Lipinski definition) is 6. The van der Waals surface area contributed by atoms with Crippen LogP contribution in [0.4, 0.5) is 5.69 Å². The molecule has 1 N–H and O–H groups in total. The van der Waals surface area contributed by atoms with Crippen LogP contribution in [0.3, 0.4) is 0 Å². The van der Waals surface area contributed by atoms with E-state index in [1.165, 1.54) is 22.9 Å². The van der Waals surface area contributed by atoms with E-state index in [1.807, 2.05) is 25.5 Å². The molecule has 0 aliphatic rings. The van der Waals surface area contributed by atoms with Gasteiger partial charge >= 0.3 is 0 Å². The molecule has 30 heavy (non-hydrogen) atoms. The quantitative estimate of drug-likeness (QED) is 0.430. The Labute approximate surface area is 177 Å². The van der Waals surface area contributed by atoms with E-state index in [0.29, 0.717) is 0 Å². The van der Waals surface area contributed by atoms with Crippen LogP contribution in [0.5, 0.6) is 5.75 Å². The molecule has 1 unspecified atom stereocenters. The van der Waals surface area contributed by atoms with Crippen LogP contribution in [-0.2, 0) is 13.3 Å². The number of ether oxygens (including phenoxy) is 1. The largest absolute Gasteiger partial charge is 0.470 e. The fraction of sp³-hybridized carbons (Fsp3) is 0.316. The van der Waals surface area contributed by atoms with Crippen LogP contribution in [0, 0.1) is 17.0 Å². The predicted molar refractivity (Wildman–Crippen MR) is 109 cm³/mol. The van der Waals surface area contributed by atoms with Crippen molar-refractivity contribution in [3.05, 3.63) is 68.7 Å². The van der Waals surface area contributed by atoms with Gasteiger partial charge in [-0.15, -0.1) is 0 Å². The number of non-ortho nitro benzene ring substituents is 1. The molecular formula is C19H21ClN6O4. The number of rotatable bonds is 8. The molecule has 0 saturated heterocycles. The molecule has 2 heterocycles. The maximum absolute atomic E-state index is 12.5. The van der Waals surface area contributed by atoms with Crippen LogP contribution in [0.2, 0.25) is 5.02 Å². The molecule has 0 saturated carbocycles. The first-order chi connectivity index (χ1) is 14.3. The summed E-state index contributed by atoms with van der Waals surface area (Å²) in [5.74, 6) is -0.0425. The first kappa shape index (κ1) is 21.3. The van der Waals surface area contributed by atoms with Crippen LogP contribution >= 0.6 is 11.6 Å². The Balaban J connectivity index is 1.61. The maximum Gasteiger partial charge on any atom is 0.272 e. The van der Waals surface area contributed by atoms with E-state index in [9.17, 15) is 14.9 Å². The molecule has 0 fully saturated rings. The minimum atomic E-state index is -0.538. The van der Waals surface area contributed by atoms with Crippen molar-refractivity contribution in [3.8, 4) is 5.75 Å². The van der Waals surface area contributed by atoms with Gasteiger partial charge in [-0.2, -0.15) is 10.2 Å². The molecular weight excluding hydrogens is 412 g/mol. The SMILES string of the molecule is CCn1ncc(C(C)NC(=O)c2ccn(COc3ccc([N+](=O)[O-])cc3Cl)n2)c1C. The van der Waals surface area contributed by atoms with Crippen molar-refractivity contribution in [2.24, 2.45) is 0 Å². The van der Waals surface area contributed by atoms with Gasteiger partial charge in [-0.3, -0.25) is 19.6 Å². The summed E-state index contributed by atoms with van der Waals surface area (Å²) in [6.45, 7) is 6.60. The first-order valence-corrected chi connectivity index (χ1v) is 9.61. The van der Waals surface area contributed by atoms with Gasteiger partial charge in [0.05, 0.1) is 22.2 Å². The lowest BCUT2D eigenvalue weighted by molar-refractivity contribution is -0.384. The second kappa shape index (κ2) is 8.95. The molecule has 11 heteroatoms. The third-order valence-corrected chi connectivity index (χ3v) is 4.90. The number of aromatic nitrogens is 4. The van der Waals surface area contributed by atoms with E-state index in [2.05, 4.69) is 15.5 Å². The average Bonchev–Trinajstić information content (AvgIpc) is 3.33. The Morgan fingerprint density at radius 3 is 2.80 bits per heavy atom. The van der Waals surface area contributed by atoms with Crippen molar-refractivity contribution in [2.45, 2.75) is 40.1 Å². The molecule has 3 rings (SSSR count). The van der Waals surface area contributed by atoms with Gasteiger partial charge in [-0.1, -0.05) is 11.6 Å². The summed E-state index contributed by atoms with van der Waals surface area (Å²) in [6, 6.07) is 5.28. The Bertz CT molecular complexity index is 1080. The third-order valence-electron chi connectivity index (χ3n) is 4.61. The molecule has 1 atom stereocenters. The van der Waals surface area contributed by atoms with E-state index >= 15 is 0 Å². The zero-order chi connectivity index (χ0) is 21.8. The number of aryl methyl sites for hydroxylation is 1. The molecule has 3 aromatic rings. The fourth-order valence-corrected chi connectivity index (χ4v) is 3.19. The van der Waals surface area contributed by atoms with Gasteiger partial charge in [0.25, 0.3) is 11.6 Å². The number of nitrogens with one attached hydrogen (secondary N) is 1. The number of benzene rings is 1. The molecule has 0 bridgehead atoms. The van der Waals surface area contributed by atoms with Gasteiger partial charge in [0.15, 0.2) is 6.73 Å². The van der Waals surface area contributed by atoms with Crippen molar-refractivity contribution in [1.82, 2.24) is 24.9 Å². The highest BCUT2D eigenvalue weighted by Crippen LogP contribution is 2.28. The van der Waals surface area contributed by atoms with Crippen LogP contribution in [0.15, 0.2) is 36.7 Å². The van der Waals surface area contributed by atoms with Gasteiger partial charge in [-0.25, -0.2) is 4.68 Å². The Morgan fingerprint density at radius 1 is 1.40 bits per heavy atom. The lowest BCUT2D eigenvalue weighted by Crippen LogP contribution is -2.27. The van der Waals surface area contributed by atoms with Crippen molar-refractivity contribution in [1.29, 1.82) is 0 Å². The summed E-state index contributed by atoms with van der Waals surface area (Å²) in [4.78, 5) is 22.7. The maximum atomic E-state index is 12.5. The summed E-state index contributed by atoms with van der Waals surface area (Å²) < 4.78 is 8.83. The van der Waals surface area contributed by atoms with Crippen LogP contribution < -0.4 is 10.1 Å². The molecule has 0 spiro atoms. The van der Waals surface area contributed by atoms with Crippen LogP contribution in [-0.4, -0.2) is 30.4 Å². The normalized spacial score (nSPS) is 11.9. The van der Waals surface area contributed by atoms with Crippen molar-refractivity contribution >= 4 is 23.2 Å². The van der Waals surface area contributed by atoms with Gasteiger partial charge in [0.1, 0.15) is 11.4 Å². The molecule has 0 aliphatic heterocycles. The Kier molecular flexibility index (Phi) is 6.36. The Hall–Kier alpha value is -3.40. The zero-order valence-electron chi connectivity index (χ0n) is 16.7. The van der Waals surface area contributed by atoms with Crippen molar-refractivity contribution < 1.29 is 14.5 Å². The summed E-state index contributed by atoms with van der Waals surface area (Å²) >= 11 is 6.01. The average molecular weight is 433 g/mol. The number of nitrogens with zero attached hydrogens (tertiary/aromatic N) is 5. The number of nitro benzene ring substituents is 1. The van der Waals surface area contributed by atoms with Gasteiger partial charge in [0, 0.05) is 36.1 Å². The number of amides is 1. The minimum Gasteiger partial charge on any atom is -0.470 e. The molecule has 1 amide bonds. The predicted octanol–water partition coefficient (Wildman–Crippen LogP) is 3.50. The molecule has 2 aromatic heterocycles. The standard InChI is InChI=1S/C19H21ClN6O4/c1-4-25-13(3)15(10-21-25)12(2)22-19(27)17-7-8-24(23-17)11-30-18-6-5-14(26(28)29)9-16(18)20/h5-10,12H,4,11H2,1-3H3,(H,22,27). The first-order valence-electron chi connectivity index (χ1n) is 9.23. The summed E-state index contributed by atoms with van der Waals surface area (Å²) in [5, 5.41) is 22.3. The van der Waals surface area contributed by atoms with Crippen LogP contribution in [0.25, 0.3) is 0 Å². The second-order valence-electron chi connectivity index (χ2n) is 6.58. The molecule has 0 aliphatic carbocycles. The number of nitro groups is 1. The smallest absolute Gasteiger partial charge is 0.272 e. The fourth-order valence-electron chi connectivity index (χ4n) is 2.96. The van der Waals surface area contributed by atoms with E-state index < -0.39 is 4.92 Å². The van der Waals surface area contributed by atoms with E-state index in [0.717, 1.165) is 17.8 Å². The monoisotopic (exact) mass is 432 g/mol. The van der Waals surface area contributed by atoms with Gasteiger partial charge in [-0.05, 0) is 32.9 Å². The number of carbonyl (C=O) groups excluding carboxylic acids is 1. The highest BCUT2D eigenvalue weighted by Gasteiger charge is 2.18. The summed E-state index contributed by atoms with van der Waals surface area (Å²) in [7, 11) is 0. The Morgan fingerprint density at radius 2 is 2.17 bits per heavy atom. The number of halogens is 1. The van der Waals surface area contributed by atoms with Gasteiger partial charge in [0.2, 0.25) is 0 Å². The molecule has 10 nitrogen and oxygen atoms in total. The highest BCUT2D eigenvalue weighted by molar-refractivity contribution is 6.32. The second-order valence-corrected chi connectivity index (χ2v) is 6.99. The van der Waals surface area contributed by atoms with E-state index in [-0.39, 0.29) is 40.8 Å². The summed E-state index contributed by atoms with van der Waals surface area (Å²) in [5.41, 5.74) is 2.06. The van der Waals surface area contributed by atoms with E-state index in [1.54, 1.807) is 18.5 Å². The topological polar surface area (TPSA) is 117 Å². The lowest BCUT2D eigenvalue weighted by Gasteiger charge is -2.13. The molecule has 1 aromatic carbocycles.